The number of benzene rings is 1. The van der Waals surface area contributed by atoms with E-state index in [1.807, 2.05) is 43.3 Å². The summed E-state index contributed by atoms with van der Waals surface area (Å²) in [5, 5.41) is 0.678. The molecule has 0 aliphatic rings. The summed E-state index contributed by atoms with van der Waals surface area (Å²) in [6.45, 7) is 6.25. The minimum absolute atomic E-state index is 0.00330. The van der Waals surface area contributed by atoms with Crippen LogP contribution >= 0.6 is 11.3 Å². The molecule has 0 atom stereocenters. The molecule has 0 N–H and O–H groups in total. The van der Waals surface area contributed by atoms with Crippen LogP contribution in [0.4, 0.5) is 0 Å². The maximum absolute atomic E-state index is 12.4. The van der Waals surface area contributed by atoms with E-state index in [-0.39, 0.29) is 5.56 Å². The average Bonchev–Trinajstić information content (AvgIpc) is 2.87. The van der Waals surface area contributed by atoms with Crippen LogP contribution < -0.4 is 5.56 Å². The predicted octanol–water partition coefficient (Wildman–Crippen LogP) is 3.70. The van der Waals surface area contributed by atoms with E-state index in [1.54, 1.807) is 22.2 Å². The molecule has 3 nitrogen and oxygen atoms in total. The van der Waals surface area contributed by atoms with Crippen LogP contribution in [0.5, 0.6) is 0 Å². The summed E-state index contributed by atoms with van der Waals surface area (Å²) in [4.78, 5) is 18.6. The van der Waals surface area contributed by atoms with Gasteiger partial charge in [-0.3, -0.25) is 9.36 Å². The second-order valence-electron chi connectivity index (χ2n) is 4.83. The Morgan fingerprint density at radius 2 is 2.10 bits per heavy atom. The molecule has 0 bridgehead atoms. The highest BCUT2D eigenvalue weighted by Crippen LogP contribution is 2.30. The van der Waals surface area contributed by atoms with Gasteiger partial charge in [0.25, 0.3) is 5.56 Å². The zero-order valence-corrected chi connectivity index (χ0v) is 12.0. The summed E-state index contributed by atoms with van der Waals surface area (Å²) in [6, 6.07) is 12.0. The molecule has 0 saturated carbocycles. The summed E-state index contributed by atoms with van der Waals surface area (Å²) in [5.41, 5.74) is 2.05. The Labute approximate surface area is 120 Å². The molecule has 20 heavy (non-hydrogen) atoms. The first-order chi connectivity index (χ1) is 9.65. The van der Waals surface area contributed by atoms with Gasteiger partial charge in [-0.2, -0.15) is 0 Å². The number of fused-ring (bicyclic) bond motifs is 1. The van der Waals surface area contributed by atoms with Crippen molar-refractivity contribution >= 4 is 21.6 Å². The van der Waals surface area contributed by atoms with Crippen LogP contribution in [0.1, 0.15) is 6.92 Å². The Kier molecular flexibility index (Phi) is 3.24. The third-order valence-electron chi connectivity index (χ3n) is 3.02. The van der Waals surface area contributed by atoms with Crippen LogP contribution in [-0.2, 0) is 6.54 Å². The van der Waals surface area contributed by atoms with E-state index in [1.165, 1.54) is 0 Å². The van der Waals surface area contributed by atoms with Crippen molar-refractivity contribution in [2.45, 2.75) is 13.5 Å². The van der Waals surface area contributed by atoms with Crippen molar-refractivity contribution in [3.05, 3.63) is 65.2 Å². The Balaban J connectivity index is 2.15. The Morgan fingerprint density at radius 1 is 1.35 bits per heavy atom. The second kappa shape index (κ2) is 5.06. The van der Waals surface area contributed by atoms with Gasteiger partial charge in [0.05, 0.1) is 11.7 Å². The van der Waals surface area contributed by atoms with Crippen molar-refractivity contribution < 1.29 is 0 Å². The van der Waals surface area contributed by atoms with Gasteiger partial charge in [0.2, 0.25) is 0 Å². The number of aromatic nitrogens is 2. The lowest BCUT2D eigenvalue weighted by Gasteiger charge is -2.03. The summed E-state index contributed by atoms with van der Waals surface area (Å²) >= 11 is 1.55. The van der Waals surface area contributed by atoms with E-state index >= 15 is 0 Å². The highest BCUT2D eigenvalue weighted by atomic mass is 32.1. The van der Waals surface area contributed by atoms with Crippen molar-refractivity contribution in [1.82, 2.24) is 9.55 Å². The van der Waals surface area contributed by atoms with Gasteiger partial charge in [0, 0.05) is 11.4 Å². The van der Waals surface area contributed by atoms with Gasteiger partial charge in [0.1, 0.15) is 4.83 Å². The van der Waals surface area contributed by atoms with Crippen LogP contribution in [0.2, 0.25) is 0 Å². The monoisotopic (exact) mass is 282 g/mol. The first-order valence-corrected chi connectivity index (χ1v) is 7.15. The van der Waals surface area contributed by atoms with Crippen LogP contribution in [0, 0.1) is 0 Å². The zero-order valence-electron chi connectivity index (χ0n) is 11.2. The fraction of sp³-hybridized carbons (Fsp3) is 0.125. The van der Waals surface area contributed by atoms with Crippen LogP contribution in [0.15, 0.2) is 59.7 Å². The standard InChI is InChI=1S/C16H14N2OS/c1-11(2)9-18-10-17-15-13(16(18)19)8-14(20-15)12-6-4-3-5-7-12/h3-8,10H,1,9H2,2H3. The van der Waals surface area contributed by atoms with Gasteiger partial charge in [-0.15, -0.1) is 11.3 Å². The fourth-order valence-corrected chi connectivity index (χ4v) is 3.10. The lowest BCUT2D eigenvalue weighted by Crippen LogP contribution is -2.20. The molecular formula is C16H14N2OS. The third-order valence-corrected chi connectivity index (χ3v) is 4.11. The molecule has 0 saturated heterocycles. The molecule has 3 rings (SSSR count). The maximum atomic E-state index is 12.4. The van der Waals surface area contributed by atoms with Crippen molar-refractivity contribution in [1.29, 1.82) is 0 Å². The summed E-state index contributed by atoms with van der Waals surface area (Å²) in [5.74, 6) is 0. The summed E-state index contributed by atoms with van der Waals surface area (Å²) < 4.78 is 1.60. The first kappa shape index (κ1) is 12.8. The van der Waals surface area contributed by atoms with E-state index in [0.29, 0.717) is 11.9 Å². The Hall–Kier alpha value is -2.20. The zero-order chi connectivity index (χ0) is 14.1. The first-order valence-electron chi connectivity index (χ1n) is 6.34. The van der Waals surface area contributed by atoms with Crippen LogP contribution in [0.25, 0.3) is 20.7 Å². The van der Waals surface area contributed by atoms with Crippen molar-refractivity contribution in [3.8, 4) is 10.4 Å². The maximum Gasteiger partial charge on any atom is 0.262 e. The summed E-state index contributed by atoms with van der Waals surface area (Å²) in [7, 11) is 0. The molecule has 1 aromatic carbocycles. The number of allylic oxidation sites excluding steroid dienone is 1. The molecular weight excluding hydrogens is 268 g/mol. The minimum Gasteiger partial charge on any atom is -0.295 e. The molecule has 0 unspecified atom stereocenters. The number of thiophene rings is 1. The smallest absolute Gasteiger partial charge is 0.262 e. The van der Waals surface area contributed by atoms with E-state index in [4.69, 9.17) is 0 Å². The predicted molar refractivity (Wildman–Crippen MR) is 84.1 cm³/mol. The molecule has 4 heteroatoms. The molecule has 2 heterocycles. The van der Waals surface area contributed by atoms with Gasteiger partial charge >= 0.3 is 0 Å². The van der Waals surface area contributed by atoms with Gasteiger partial charge < -0.3 is 0 Å². The van der Waals surface area contributed by atoms with Crippen molar-refractivity contribution in [2.24, 2.45) is 0 Å². The second-order valence-corrected chi connectivity index (χ2v) is 5.86. The molecule has 2 aromatic heterocycles. The lowest BCUT2D eigenvalue weighted by atomic mass is 10.2. The largest absolute Gasteiger partial charge is 0.295 e. The van der Waals surface area contributed by atoms with Gasteiger partial charge in [-0.1, -0.05) is 42.5 Å². The normalized spacial score (nSPS) is 10.8. The van der Waals surface area contributed by atoms with Gasteiger partial charge in [-0.25, -0.2) is 4.98 Å². The number of hydrogen-bond donors (Lipinski definition) is 0. The highest BCUT2D eigenvalue weighted by molar-refractivity contribution is 7.21. The molecule has 0 radical (unpaired) electrons. The highest BCUT2D eigenvalue weighted by Gasteiger charge is 2.10. The SMILES string of the molecule is C=C(C)Cn1cnc2sc(-c3ccccc3)cc2c1=O. The summed E-state index contributed by atoms with van der Waals surface area (Å²) in [6.07, 6.45) is 1.60. The number of hydrogen-bond acceptors (Lipinski definition) is 3. The van der Waals surface area contributed by atoms with Crippen LogP contribution in [0.3, 0.4) is 0 Å². The molecule has 0 spiro atoms. The number of rotatable bonds is 3. The van der Waals surface area contributed by atoms with Crippen molar-refractivity contribution in [3.63, 3.8) is 0 Å². The van der Waals surface area contributed by atoms with Gasteiger partial charge in [0.15, 0.2) is 0 Å². The molecule has 100 valence electrons. The number of nitrogens with zero attached hydrogens (tertiary/aromatic N) is 2. The Bertz CT molecular complexity index is 831. The fourth-order valence-electron chi connectivity index (χ4n) is 2.11. The van der Waals surface area contributed by atoms with E-state index in [0.717, 1.165) is 20.8 Å². The Morgan fingerprint density at radius 3 is 2.80 bits per heavy atom. The molecule has 3 aromatic rings. The third kappa shape index (κ3) is 2.30. The van der Waals surface area contributed by atoms with Crippen LogP contribution in [-0.4, -0.2) is 9.55 Å². The minimum atomic E-state index is -0.00330. The van der Waals surface area contributed by atoms with E-state index < -0.39 is 0 Å². The van der Waals surface area contributed by atoms with E-state index in [9.17, 15) is 4.79 Å². The van der Waals surface area contributed by atoms with Gasteiger partial charge in [-0.05, 0) is 18.6 Å². The quantitative estimate of drug-likeness (QED) is 0.686. The molecule has 0 fully saturated rings. The average molecular weight is 282 g/mol. The lowest BCUT2D eigenvalue weighted by molar-refractivity contribution is 0.739. The van der Waals surface area contributed by atoms with E-state index in [2.05, 4.69) is 11.6 Å². The molecule has 0 amide bonds. The molecule has 0 aliphatic heterocycles. The molecule has 0 aliphatic carbocycles. The topological polar surface area (TPSA) is 34.9 Å². The van der Waals surface area contributed by atoms with Crippen molar-refractivity contribution in [2.75, 3.05) is 0 Å².